The van der Waals surface area contributed by atoms with E-state index in [0.717, 1.165) is 40.9 Å². The number of hydrogen-bond donors (Lipinski definition) is 2. The zero-order chi connectivity index (χ0) is 27.2. The topological polar surface area (TPSA) is 90.5 Å². The van der Waals surface area contributed by atoms with Crippen molar-refractivity contribution in [2.45, 2.75) is 32.2 Å². The van der Waals surface area contributed by atoms with E-state index in [1.54, 1.807) is 4.90 Å². The number of amides is 2. The SMILES string of the molecule is N=C(N)c1ccc(CCC(=O)N2CCCc3cc(C(=O)N(Cc4ccccc4)c4ccccc4)ccc32)cc1. The van der Waals surface area contributed by atoms with Crippen molar-refractivity contribution in [3.63, 3.8) is 0 Å². The van der Waals surface area contributed by atoms with Crippen LogP contribution in [0.1, 0.15) is 45.5 Å². The number of benzene rings is 4. The second kappa shape index (κ2) is 11.8. The molecule has 6 heteroatoms. The van der Waals surface area contributed by atoms with Crippen LogP contribution in [-0.2, 0) is 24.2 Å². The number of rotatable bonds is 8. The van der Waals surface area contributed by atoms with E-state index in [0.29, 0.717) is 37.1 Å². The first-order chi connectivity index (χ1) is 19.0. The summed E-state index contributed by atoms with van der Waals surface area (Å²) in [6.45, 7) is 1.14. The number of carbonyl (C=O) groups is 2. The number of nitrogens with zero attached hydrogens (tertiary/aromatic N) is 2. The van der Waals surface area contributed by atoms with Crippen LogP contribution in [0.2, 0.25) is 0 Å². The van der Waals surface area contributed by atoms with E-state index in [4.69, 9.17) is 11.1 Å². The van der Waals surface area contributed by atoms with Gasteiger partial charge in [-0.05, 0) is 66.3 Å². The van der Waals surface area contributed by atoms with Gasteiger partial charge in [0.1, 0.15) is 5.84 Å². The number of fused-ring (bicyclic) bond motifs is 1. The van der Waals surface area contributed by atoms with E-state index in [1.807, 2.05) is 108 Å². The van der Waals surface area contributed by atoms with Gasteiger partial charge in [0, 0.05) is 35.5 Å². The Hall–Kier alpha value is -4.71. The number of para-hydroxylation sites is 1. The Kier molecular flexibility index (Phi) is 7.83. The van der Waals surface area contributed by atoms with Crippen molar-refractivity contribution in [3.05, 3.63) is 131 Å². The van der Waals surface area contributed by atoms with Crippen LogP contribution in [-0.4, -0.2) is 24.2 Å². The predicted molar refractivity (Wildman–Crippen MR) is 156 cm³/mol. The summed E-state index contributed by atoms with van der Waals surface area (Å²) in [7, 11) is 0. The van der Waals surface area contributed by atoms with Crippen LogP contribution in [0.5, 0.6) is 0 Å². The molecule has 6 nitrogen and oxygen atoms in total. The molecule has 0 saturated carbocycles. The summed E-state index contributed by atoms with van der Waals surface area (Å²) in [5, 5.41) is 7.53. The Labute approximate surface area is 229 Å². The van der Waals surface area contributed by atoms with Crippen LogP contribution < -0.4 is 15.5 Å². The molecule has 0 saturated heterocycles. The molecule has 2 amide bonds. The molecule has 39 heavy (non-hydrogen) atoms. The molecule has 1 aliphatic rings. The Bertz CT molecular complexity index is 1470. The zero-order valence-electron chi connectivity index (χ0n) is 21.8. The largest absolute Gasteiger partial charge is 0.384 e. The summed E-state index contributed by atoms with van der Waals surface area (Å²) in [5.74, 6) is 0.0401. The van der Waals surface area contributed by atoms with Crippen molar-refractivity contribution >= 4 is 29.0 Å². The van der Waals surface area contributed by atoms with Crippen molar-refractivity contribution in [2.24, 2.45) is 5.73 Å². The lowest BCUT2D eigenvalue weighted by molar-refractivity contribution is -0.118. The quantitative estimate of drug-likeness (QED) is 0.231. The summed E-state index contributed by atoms with van der Waals surface area (Å²) >= 11 is 0. The van der Waals surface area contributed by atoms with E-state index in [9.17, 15) is 9.59 Å². The molecule has 0 atom stereocenters. The van der Waals surface area contributed by atoms with Crippen LogP contribution in [0.4, 0.5) is 11.4 Å². The summed E-state index contributed by atoms with van der Waals surface area (Å²) in [4.78, 5) is 30.7. The third-order valence-corrected chi connectivity index (χ3v) is 7.14. The third kappa shape index (κ3) is 6.07. The number of carbonyl (C=O) groups excluding carboxylic acids is 2. The summed E-state index contributed by atoms with van der Waals surface area (Å²) < 4.78 is 0. The minimum Gasteiger partial charge on any atom is -0.384 e. The highest BCUT2D eigenvalue weighted by molar-refractivity contribution is 6.07. The molecule has 0 spiro atoms. The first-order valence-corrected chi connectivity index (χ1v) is 13.3. The van der Waals surface area contributed by atoms with E-state index in [-0.39, 0.29) is 17.6 Å². The van der Waals surface area contributed by atoms with E-state index in [2.05, 4.69) is 0 Å². The van der Waals surface area contributed by atoms with Gasteiger partial charge in [-0.25, -0.2) is 0 Å². The number of amidine groups is 1. The van der Waals surface area contributed by atoms with Crippen LogP contribution in [0.25, 0.3) is 0 Å². The summed E-state index contributed by atoms with van der Waals surface area (Å²) in [6, 6.07) is 32.9. The Morgan fingerprint density at radius 3 is 2.18 bits per heavy atom. The lowest BCUT2D eigenvalue weighted by atomic mass is 9.97. The molecular weight excluding hydrogens is 484 g/mol. The molecule has 0 radical (unpaired) electrons. The van der Waals surface area contributed by atoms with Gasteiger partial charge < -0.3 is 15.5 Å². The molecule has 5 rings (SSSR count). The number of hydrogen-bond acceptors (Lipinski definition) is 3. The highest BCUT2D eigenvalue weighted by Gasteiger charge is 2.25. The third-order valence-electron chi connectivity index (χ3n) is 7.14. The number of aryl methyl sites for hydroxylation is 2. The van der Waals surface area contributed by atoms with E-state index < -0.39 is 0 Å². The molecule has 196 valence electrons. The van der Waals surface area contributed by atoms with Gasteiger partial charge in [-0.1, -0.05) is 72.8 Å². The minimum absolute atomic E-state index is 0.0346. The smallest absolute Gasteiger partial charge is 0.258 e. The van der Waals surface area contributed by atoms with Gasteiger partial charge in [0.15, 0.2) is 0 Å². The monoisotopic (exact) mass is 516 g/mol. The Morgan fingerprint density at radius 1 is 0.821 bits per heavy atom. The standard InChI is InChI=1S/C33H32N4O2/c34-32(35)26-16-13-24(14-17-26)15-20-31(38)36-21-7-10-27-22-28(18-19-30(27)36)33(39)37(29-11-5-2-6-12-29)23-25-8-3-1-4-9-25/h1-6,8-9,11-14,16-19,22H,7,10,15,20-21,23H2,(H3,34,35). The molecule has 1 heterocycles. The maximum Gasteiger partial charge on any atom is 0.258 e. The number of nitrogens with two attached hydrogens (primary N) is 1. The van der Waals surface area contributed by atoms with E-state index in [1.165, 1.54) is 0 Å². The molecule has 0 aliphatic carbocycles. The molecule has 1 aliphatic heterocycles. The van der Waals surface area contributed by atoms with Crippen molar-refractivity contribution in [1.82, 2.24) is 0 Å². The molecule has 4 aromatic carbocycles. The minimum atomic E-state index is -0.0645. The number of anilines is 2. The highest BCUT2D eigenvalue weighted by Crippen LogP contribution is 2.30. The molecule has 0 aromatic heterocycles. The summed E-state index contributed by atoms with van der Waals surface area (Å²) in [5.41, 5.74) is 11.7. The van der Waals surface area contributed by atoms with Crippen LogP contribution in [0.15, 0.2) is 103 Å². The summed E-state index contributed by atoms with van der Waals surface area (Å²) in [6.07, 6.45) is 2.69. The van der Waals surface area contributed by atoms with Gasteiger partial charge in [-0.3, -0.25) is 15.0 Å². The van der Waals surface area contributed by atoms with Crippen molar-refractivity contribution < 1.29 is 9.59 Å². The fourth-order valence-electron chi connectivity index (χ4n) is 5.04. The molecule has 4 aromatic rings. The van der Waals surface area contributed by atoms with Gasteiger partial charge in [-0.2, -0.15) is 0 Å². The first-order valence-electron chi connectivity index (χ1n) is 13.3. The lowest BCUT2D eigenvalue weighted by Crippen LogP contribution is -2.36. The van der Waals surface area contributed by atoms with Crippen LogP contribution in [0, 0.1) is 5.41 Å². The van der Waals surface area contributed by atoms with Gasteiger partial charge in [0.25, 0.3) is 5.91 Å². The van der Waals surface area contributed by atoms with Gasteiger partial charge in [0.05, 0.1) is 6.54 Å². The molecule has 0 unspecified atom stereocenters. The molecule has 0 fully saturated rings. The van der Waals surface area contributed by atoms with Crippen molar-refractivity contribution in [3.8, 4) is 0 Å². The average Bonchev–Trinajstić information content (AvgIpc) is 2.99. The maximum absolute atomic E-state index is 13.8. The molecular formula is C33H32N4O2. The molecule has 0 bridgehead atoms. The predicted octanol–water partition coefficient (Wildman–Crippen LogP) is 5.73. The van der Waals surface area contributed by atoms with Gasteiger partial charge in [0.2, 0.25) is 5.91 Å². The maximum atomic E-state index is 13.8. The van der Waals surface area contributed by atoms with Gasteiger partial charge in [-0.15, -0.1) is 0 Å². The second-order valence-corrected chi connectivity index (χ2v) is 9.82. The normalized spacial score (nSPS) is 12.5. The fourth-order valence-corrected chi connectivity index (χ4v) is 5.04. The highest BCUT2D eigenvalue weighted by atomic mass is 16.2. The fraction of sp³-hybridized carbons (Fsp3) is 0.182. The first kappa shape index (κ1) is 25.9. The second-order valence-electron chi connectivity index (χ2n) is 9.82. The van der Waals surface area contributed by atoms with Gasteiger partial charge >= 0.3 is 0 Å². The van der Waals surface area contributed by atoms with E-state index >= 15 is 0 Å². The Balaban J connectivity index is 1.33. The van der Waals surface area contributed by atoms with Crippen LogP contribution in [0.3, 0.4) is 0 Å². The zero-order valence-corrected chi connectivity index (χ0v) is 21.8. The number of nitrogen functional groups attached to an aromatic ring is 1. The van der Waals surface area contributed by atoms with Crippen molar-refractivity contribution in [2.75, 3.05) is 16.3 Å². The number of nitrogens with one attached hydrogen (secondary N) is 1. The van der Waals surface area contributed by atoms with Crippen molar-refractivity contribution in [1.29, 1.82) is 5.41 Å². The average molecular weight is 517 g/mol. The lowest BCUT2D eigenvalue weighted by Gasteiger charge is -2.30. The molecule has 3 N–H and O–H groups in total. The van der Waals surface area contributed by atoms with Crippen LogP contribution >= 0.6 is 0 Å². The Morgan fingerprint density at radius 2 is 1.49 bits per heavy atom.